The molecule has 108 valence electrons. The van der Waals surface area contributed by atoms with Gasteiger partial charge in [0.2, 0.25) is 0 Å². The van der Waals surface area contributed by atoms with E-state index in [1.165, 1.54) is 12.1 Å². The van der Waals surface area contributed by atoms with E-state index in [0.717, 1.165) is 50.9 Å². The van der Waals surface area contributed by atoms with E-state index < -0.39 is 10.1 Å². The lowest BCUT2D eigenvalue weighted by molar-refractivity contribution is 0.127. The fourth-order valence-corrected chi connectivity index (χ4v) is 2.17. The van der Waals surface area contributed by atoms with E-state index in [2.05, 4.69) is 6.92 Å². The SMILES string of the molecule is CCCCOCCCCc1ccc(S(=O)(=O)[O-])cc1. The summed E-state index contributed by atoms with van der Waals surface area (Å²) in [6.45, 7) is 3.73. The zero-order valence-corrected chi connectivity index (χ0v) is 12.1. The number of aryl methyl sites for hydroxylation is 1. The molecule has 19 heavy (non-hydrogen) atoms. The Morgan fingerprint density at radius 1 is 1.05 bits per heavy atom. The van der Waals surface area contributed by atoms with Crippen molar-refractivity contribution in [1.29, 1.82) is 0 Å². The van der Waals surface area contributed by atoms with Crippen LogP contribution >= 0.6 is 0 Å². The van der Waals surface area contributed by atoms with Crippen LogP contribution in [0.4, 0.5) is 0 Å². The quantitative estimate of drug-likeness (QED) is 0.517. The number of benzene rings is 1. The topological polar surface area (TPSA) is 66.4 Å². The summed E-state index contributed by atoms with van der Waals surface area (Å²) in [5.74, 6) is 0. The first kappa shape index (κ1) is 16.1. The van der Waals surface area contributed by atoms with Gasteiger partial charge in [-0.3, -0.25) is 0 Å². The third kappa shape index (κ3) is 6.71. The molecule has 0 heterocycles. The second-order valence-electron chi connectivity index (χ2n) is 4.52. The van der Waals surface area contributed by atoms with Crippen LogP contribution in [0.25, 0.3) is 0 Å². The summed E-state index contributed by atoms with van der Waals surface area (Å²) >= 11 is 0. The van der Waals surface area contributed by atoms with E-state index in [0.29, 0.717) is 0 Å². The monoisotopic (exact) mass is 285 g/mol. The van der Waals surface area contributed by atoms with E-state index in [9.17, 15) is 13.0 Å². The van der Waals surface area contributed by atoms with Gasteiger partial charge in [0, 0.05) is 13.2 Å². The standard InChI is InChI=1S/C14H22O4S/c1-2-3-11-18-12-5-4-6-13-7-9-14(10-8-13)19(15,16)17/h7-10H,2-6,11-12H2,1H3,(H,15,16,17)/p-1. The normalized spacial score (nSPS) is 11.7. The largest absolute Gasteiger partial charge is 0.744 e. The minimum Gasteiger partial charge on any atom is -0.744 e. The third-order valence-corrected chi connectivity index (χ3v) is 3.71. The molecular weight excluding hydrogens is 264 g/mol. The Labute approximate surface area is 115 Å². The van der Waals surface area contributed by atoms with E-state index in [1.54, 1.807) is 12.1 Å². The van der Waals surface area contributed by atoms with Gasteiger partial charge in [-0.05, 0) is 43.4 Å². The number of ether oxygens (including phenoxy) is 1. The minimum absolute atomic E-state index is 0.167. The molecule has 0 saturated heterocycles. The molecule has 0 aliphatic rings. The molecule has 1 aromatic rings. The summed E-state index contributed by atoms with van der Waals surface area (Å²) in [5.41, 5.74) is 1.04. The second kappa shape index (κ2) is 8.30. The van der Waals surface area contributed by atoms with Crippen molar-refractivity contribution >= 4 is 10.1 Å². The first-order valence-electron chi connectivity index (χ1n) is 6.66. The number of hydrogen-bond acceptors (Lipinski definition) is 4. The molecule has 0 saturated carbocycles. The Bertz CT molecular complexity index is 451. The molecule has 0 radical (unpaired) electrons. The van der Waals surface area contributed by atoms with E-state index in [4.69, 9.17) is 4.74 Å². The Balaban J connectivity index is 2.23. The average Bonchev–Trinajstić information content (AvgIpc) is 2.37. The van der Waals surface area contributed by atoms with Crippen molar-refractivity contribution in [2.24, 2.45) is 0 Å². The van der Waals surface area contributed by atoms with Crippen LogP contribution in [0.15, 0.2) is 29.2 Å². The van der Waals surface area contributed by atoms with Crippen LogP contribution in [0.5, 0.6) is 0 Å². The van der Waals surface area contributed by atoms with Gasteiger partial charge in [-0.15, -0.1) is 0 Å². The van der Waals surface area contributed by atoms with Crippen LogP contribution in [-0.4, -0.2) is 26.2 Å². The molecule has 0 bridgehead atoms. The summed E-state index contributed by atoms with van der Waals surface area (Å²) in [6.07, 6.45) is 5.11. The van der Waals surface area contributed by atoms with Crippen LogP contribution in [0.1, 0.15) is 38.2 Å². The molecule has 0 amide bonds. The Morgan fingerprint density at radius 2 is 1.68 bits per heavy atom. The van der Waals surface area contributed by atoms with Crippen molar-refractivity contribution in [3.05, 3.63) is 29.8 Å². The molecule has 0 unspecified atom stereocenters. The number of hydrogen-bond donors (Lipinski definition) is 0. The van der Waals surface area contributed by atoms with Gasteiger partial charge < -0.3 is 9.29 Å². The van der Waals surface area contributed by atoms with Crippen LogP contribution in [-0.2, 0) is 21.3 Å². The van der Waals surface area contributed by atoms with Crippen molar-refractivity contribution in [3.63, 3.8) is 0 Å². The maximum Gasteiger partial charge on any atom is 0.124 e. The van der Waals surface area contributed by atoms with Gasteiger partial charge in [-0.1, -0.05) is 25.5 Å². The summed E-state index contributed by atoms with van der Waals surface area (Å²) in [7, 11) is -4.33. The lowest BCUT2D eigenvalue weighted by atomic mass is 10.1. The van der Waals surface area contributed by atoms with Gasteiger partial charge >= 0.3 is 0 Å². The highest BCUT2D eigenvalue weighted by Crippen LogP contribution is 2.12. The fraction of sp³-hybridized carbons (Fsp3) is 0.571. The molecule has 0 fully saturated rings. The van der Waals surface area contributed by atoms with Gasteiger partial charge in [-0.2, -0.15) is 0 Å². The third-order valence-electron chi connectivity index (χ3n) is 2.86. The molecule has 0 atom stereocenters. The van der Waals surface area contributed by atoms with Crippen LogP contribution in [0.2, 0.25) is 0 Å². The molecule has 4 nitrogen and oxygen atoms in total. The van der Waals surface area contributed by atoms with E-state index in [-0.39, 0.29) is 4.90 Å². The summed E-state index contributed by atoms with van der Waals surface area (Å²) < 4.78 is 37.7. The zero-order valence-electron chi connectivity index (χ0n) is 11.3. The number of rotatable bonds is 9. The lowest BCUT2D eigenvalue weighted by Gasteiger charge is -2.08. The first-order chi connectivity index (χ1) is 9.04. The van der Waals surface area contributed by atoms with Gasteiger partial charge in [0.1, 0.15) is 10.1 Å². The zero-order chi connectivity index (χ0) is 14.1. The molecule has 0 N–H and O–H groups in total. The summed E-state index contributed by atoms with van der Waals surface area (Å²) in [5, 5.41) is 0. The molecule has 1 aromatic carbocycles. The van der Waals surface area contributed by atoms with Crippen LogP contribution in [0.3, 0.4) is 0 Å². The first-order valence-corrected chi connectivity index (χ1v) is 8.07. The van der Waals surface area contributed by atoms with Gasteiger partial charge in [-0.25, -0.2) is 8.42 Å². The second-order valence-corrected chi connectivity index (χ2v) is 5.90. The maximum absolute atomic E-state index is 10.8. The highest BCUT2D eigenvalue weighted by molar-refractivity contribution is 7.85. The van der Waals surface area contributed by atoms with Gasteiger partial charge in [0.05, 0.1) is 4.90 Å². The number of unbranched alkanes of at least 4 members (excludes halogenated alkanes) is 2. The lowest BCUT2D eigenvalue weighted by Crippen LogP contribution is -1.99. The van der Waals surface area contributed by atoms with Crippen molar-refractivity contribution in [2.45, 2.75) is 43.9 Å². The predicted octanol–water partition coefficient (Wildman–Crippen LogP) is 2.73. The van der Waals surface area contributed by atoms with Crippen LogP contribution in [0, 0.1) is 0 Å². The predicted molar refractivity (Wildman–Crippen MR) is 73.1 cm³/mol. The smallest absolute Gasteiger partial charge is 0.124 e. The highest BCUT2D eigenvalue weighted by atomic mass is 32.2. The molecule has 1 rings (SSSR count). The Kier molecular flexibility index (Phi) is 7.05. The summed E-state index contributed by atoms with van der Waals surface area (Å²) in [4.78, 5) is -0.167. The molecule has 0 spiro atoms. The van der Waals surface area contributed by atoms with Crippen molar-refractivity contribution in [3.8, 4) is 0 Å². The summed E-state index contributed by atoms with van der Waals surface area (Å²) in [6, 6.07) is 6.14. The van der Waals surface area contributed by atoms with Gasteiger partial charge in [0.25, 0.3) is 0 Å². The van der Waals surface area contributed by atoms with Crippen molar-refractivity contribution < 1.29 is 17.7 Å². The van der Waals surface area contributed by atoms with Crippen molar-refractivity contribution in [1.82, 2.24) is 0 Å². The molecule has 0 aliphatic heterocycles. The van der Waals surface area contributed by atoms with E-state index >= 15 is 0 Å². The fourth-order valence-electron chi connectivity index (χ4n) is 1.70. The van der Waals surface area contributed by atoms with Crippen LogP contribution < -0.4 is 0 Å². The van der Waals surface area contributed by atoms with Crippen molar-refractivity contribution in [2.75, 3.05) is 13.2 Å². The Morgan fingerprint density at radius 3 is 2.26 bits per heavy atom. The maximum atomic E-state index is 10.8. The molecule has 5 heteroatoms. The Hall–Kier alpha value is -0.910. The average molecular weight is 285 g/mol. The highest BCUT2D eigenvalue weighted by Gasteiger charge is 2.00. The molecule has 0 aliphatic carbocycles. The minimum atomic E-state index is -4.33. The van der Waals surface area contributed by atoms with Gasteiger partial charge in [0.15, 0.2) is 0 Å². The molecule has 0 aromatic heterocycles. The van der Waals surface area contributed by atoms with E-state index in [1.807, 2.05) is 0 Å². The molecular formula is C14H21O4S-.